The highest BCUT2D eigenvalue weighted by molar-refractivity contribution is 6.30. The van der Waals surface area contributed by atoms with Gasteiger partial charge in [-0.1, -0.05) is 54.4 Å². The molecule has 2 aromatic carbocycles. The summed E-state index contributed by atoms with van der Waals surface area (Å²) in [5.41, 5.74) is 0.839. The summed E-state index contributed by atoms with van der Waals surface area (Å²) in [5.74, 6) is -1.33. The van der Waals surface area contributed by atoms with Crippen LogP contribution in [-0.2, 0) is 9.59 Å². The number of hydrogen-bond donors (Lipinski definition) is 2. The summed E-state index contributed by atoms with van der Waals surface area (Å²) in [4.78, 5) is 27.5. The van der Waals surface area contributed by atoms with Gasteiger partial charge >= 0.3 is 5.97 Å². The Morgan fingerprint density at radius 3 is 2.41 bits per heavy atom. The summed E-state index contributed by atoms with van der Waals surface area (Å²) >= 11 is 12.5. The van der Waals surface area contributed by atoms with E-state index in [-0.39, 0.29) is 30.3 Å². The molecule has 2 fully saturated rings. The lowest BCUT2D eigenvalue weighted by atomic mass is 9.67. The molecule has 2 aliphatic rings. The number of benzene rings is 2. The Morgan fingerprint density at radius 1 is 1.09 bits per heavy atom. The molecule has 2 N–H and O–H groups in total. The third-order valence-electron chi connectivity index (χ3n) is 6.90. The molecule has 1 saturated carbocycles. The molecular weight excluding hydrogens is 449 g/mol. The zero-order valence-electron chi connectivity index (χ0n) is 17.9. The van der Waals surface area contributed by atoms with Crippen LogP contribution in [-0.4, -0.2) is 39.1 Å². The molecule has 1 unspecified atom stereocenters. The van der Waals surface area contributed by atoms with Crippen molar-refractivity contribution >= 4 is 35.1 Å². The van der Waals surface area contributed by atoms with Crippen LogP contribution < -0.4 is 0 Å². The van der Waals surface area contributed by atoms with Crippen LogP contribution in [0.25, 0.3) is 0 Å². The van der Waals surface area contributed by atoms with Crippen molar-refractivity contribution in [3.05, 3.63) is 69.7 Å². The highest BCUT2D eigenvalue weighted by Gasteiger charge is 2.53. The van der Waals surface area contributed by atoms with Gasteiger partial charge in [-0.3, -0.25) is 9.59 Å². The number of aliphatic carboxylic acids is 1. The Kier molecular flexibility index (Phi) is 6.53. The van der Waals surface area contributed by atoms with Crippen LogP contribution in [0.5, 0.6) is 0 Å². The Balaban J connectivity index is 1.88. The minimum atomic E-state index is -1.06. The predicted octanol–water partition coefficient (Wildman–Crippen LogP) is 5.45. The summed E-state index contributed by atoms with van der Waals surface area (Å²) in [6.45, 7) is 1.75. The Labute approximate surface area is 197 Å². The molecule has 1 saturated heterocycles. The average Bonchev–Trinajstić information content (AvgIpc) is 3.16. The number of aliphatic hydroxyl groups excluding tert-OH is 1. The van der Waals surface area contributed by atoms with Gasteiger partial charge in [0.15, 0.2) is 0 Å². The fraction of sp³-hybridized carbons (Fsp3) is 0.440. The fourth-order valence-electron chi connectivity index (χ4n) is 5.47. The molecule has 1 heterocycles. The number of halogens is 2. The minimum Gasteiger partial charge on any atom is -0.481 e. The van der Waals surface area contributed by atoms with Crippen LogP contribution in [0.4, 0.5) is 0 Å². The van der Waals surface area contributed by atoms with E-state index in [1.165, 1.54) is 0 Å². The van der Waals surface area contributed by atoms with Crippen molar-refractivity contribution in [1.82, 2.24) is 4.90 Å². The molecule has 5 nitrogen and oxygen atoms in total. The smallest absolute Gasteiger partial charge is 0.304 e. The number of amides is 1. The second-order valence-electron chi connectivity index (χ2n) is 9.33. The largest absolute Gasteiger partial charge is 0.481 e. The molecule has 1 amide bonds. The van der Waals surface area contributed by atoms with E-state index in [0.29, 0.717) is 35.7 Å². The lowest BCUT2D eigenvalue weighted by Crippen LogP contribution is -2.55. The summed E-state index contributed by atoms with van der Waals surface area (Å²) in [7, 11) is 0. The van der Waals surface area contributed by atoms with Crippen LogP contribution >= 0.6 is 23.2 Å². The van der Waals surface area contributed by atoms with E-state index in [9.17, 15) is 19.8 Å². The van der Waals surface area contributed by atoms with E-state index in [1.807, 2.05) is 47.4 Å². The molecule has 170 valence electrons. The fourth-order valence-corrected chi connectivity index (χ4v) is 5.79. The minimum absolute atomic E-state index is 0.158. The molecule has 0 aromatic heterocycles. The molecule has 0 bridgehead atoms. The maximum absolute atomic E-state index is 13.9. The van der Waals surface area contributed by atoms with Crippen molar-refractivity contribution in [2.75, 3.05) is 0 Å². The zero-order valence-corrected chi connectivity index (χ0v) is 19.4. The van der Waals surface area contributed by atoms with Crippen molar-refractivity contribution in [3.8, 4) is 0 Å². The molecule has 2 aromatic rings. The van der Waals surface area contributed by atoms with E-state index in [2.05, 4.69) is 0 Å². The van der Waals surface area contributed by atoms with Crippen molar-refractivity contribution in [3.63, 3.8) is 0 Å². The van der Waals surface area contributed by atoms with Gasteiger partial charge in [0.1, 0.15) is 0 Å². The van der Waals surface area contributed by atoms with Gasteiger partial charge in [-0.15, -0.1) is 0 Å². The SMILES string of the molecule is C[C@]1(CC(=O)O)C[C@H](c2cccc(Cl)c2)[C@@H](c2ccc(Cl)cc2)N(C2CC[C@H](O)C2)C1=O. The molecule has 4 rings (SSSR count). The molecule has 7 heteroatoms. The number of carboxylic acid groups (broad SMARTS) is 1. The number of piperidine rings is 1. The number of carbonyl (C=O) groups excluding carboxylic acids is 1. The average molecular weight is 476 g/mol. The van der Waals surface area contributed by atoms with E-state index in [1.54, 1.807) is 13.0 Å². The lowest BCUT2D eigenvalue weighted by Gasteiger charge is -2.51. The summed E-state index contributed by atoms with van der Waals surface area (Å²) in [6, 6.07) is 14.6. The topological polar surface area (TPSA) is 77.8 Å². The van der Waals surface area contributed by atoms with E-state index >= 15 is 0 Å². The Hall–Kier alpha value is -2.08. The van der Waals surface area contributed by atoms with Crippen LogP contribution in [0.3, 0.4) is 0 Å². The molecule has 0 radical (unpaired) electrons. The van der Waals surface area contributed by atoms with E-state index < -0.39 is 17.5 Å². The van der Waals surface area contributed by atoms with Gasteiger partial charge in [-0.05, 0) is 61.1 Å². The number of carbonyl (C=O) groups is 2. The van der Waals surface area contributed by atoms with Crippen molar-refractivity contribution in [2.24, 2.45) is 5.41 Å². The van der Waals surface area contributed by atoms with Crippen molar-refractivity contribution in [1.29, 1.82) is 0 Å². The monoisotopic (exact) mass is 475 g/mol. The Morgan fingerprint density at radius 2 is 1.81 bits per heavy atom. The van der Waals surface area contributed by atoms with E-state index in [0.717, 1.165) is 11.1 Å². The van der Waals surface area contributed by atoms with E-state index in [4.69, 9.17) is 23.2 Å². The van der Waals surface area contributed by atoms with Crippen LogP contribution in [0.2, 0.25) is 10.0 Å². The number of nitrogens with zero attached hydrogens (tertiary/aromatic N) is 1. The number of hydrogen-bond acceptors (Lipinski definition) is 3. The summed E-state index contributed by atoms with van der Waals surface area (Å²) in [6.07, 6.45) is 1.47. The highest BCUT2D eigenvalue weighted by Crippen LogP contribution is 2.53. The predicted molar refractivity (Wildman–Crippen MR) is 124 cm³/mol. The van der Waals surface area contributed by atoms with Gasteiger partial charge in [0.05, 0.1) is 24.0 Å². The van der Waals surface area contributed by atoms with Gasteiger partial charge < -0.3 is 15.1 Å². The molecule has 1 aliphatic heterocycles. The number of carboxylic acids is 1. The molecular formula is C25H27Cl2NO4. The maximum Gasteiger partial charge on any atom is 0.304 e. The van der Waals surface area contributed by atoms with Crippen molar-refractivity contribution in [2.45, 2.75) is 63.1 Å². The zero-order chi connectivity index (χ0) is 23.0. The summed E-state index contributed by atoms with van der Waals surface area (Å²) in [5, 5.41) is 21.0. The van der Waals surface area contributed by atoms with Crippen LogP contribution in [0, 0.1) is 5.41 Å². The normalized spacial score (nSPS) is 30.5. The number of aliphatic hydroxyl groups is 1. The molecule has 1 aliphatic carbocycles. The quantitative estimate of drug-likeness (QED) is 0.602. The third-order valence-corrected chi connectivity index (χ3v) is 7.39. The van der Waals surface area contributed by atoms with Gasteiger partial charge in [-0.2, -0.15) is 0 Å². The first-order chi connectivity index (χ1) is 15.2. The molecule has 0 spiro atoms. The Bertz CT molecular complexity index is 1010. The van der Waals surface area contributed by atoms with Crippen LogP contribution in [0.15, 0.2) is 48.5 Å². The van der Waals surface area contributed by atoms with Crippen LogP contribution in [0.1, 0.15) is 62.1 Å². The first kappa shape index (κ1) is 23.1. The highest BCUT2D eigenvalue weighted by atomic mass is 35.5. The molecule has 5 atom stereocenters. The van der Waals surface area contributed by atoms with Crippen molar-refractivity contribution < 1.29 is 19.8 Å². The second kappa shape index (κ2) is 9.05. The second-order valence-corrected chi connectivity index (χ2v) is 10.2. The van der Waals surface area contributed by atoms with Gasteiger partial charge in [0, 0.05) is 22.0 Å². The number of rotatable bonds is 5. The van der Waals surface area contributed by atoms with Gasteiger partial charge in [-0.25, -0.2) is 0 Å². The summed E-state index contributed by atoms with van der Waals surface area (Å²) < 4.78 is 0. The lowest BCUT2D eigenvalue weighted by molar-refractivity contribution is -0.160. The maximum atomic E-state index is 13.9. The molecule has 32 heavy (non-hydrogen) atoms. The van der Waals surface area contributed by atoms with Gasteiger partial charge in [0.2, 0.25) is 5.91 Å². The first-order valence-corrected chi connectivity index (χ1v) is 11.7. The standard InChI is InChI=1S/C25H27Cl2NO4/c1-25(14-22(30)31)13-21(16-3-2-4-18(27)11-16)23(15-5-7-17(26)8-6-15)28(24(25)32)19-9-10-20(29)12-19/h2-8,11,19-21,23,29H,9-10,12-14H2,1H3,(H,30,31)/t19?,20-,21+,23+,25+/m0/s1. The number of likely N-dealkylation sites (tertiary alicyclic amines) is 1. The first-order valence-electron chi connectivity index (χ1n) is 10.9. The third kappa shape index (κ3) is 4.52. The van der Waals surface area contributed by atoms with Gasteiger partial charge in [0.25, 0.3) is 0 Å².